The number of carbonyl (C=O) groups is 10. The molecule has 0 atom stereocenters. The molecule has 4 spiro atoms. The van der Waals surface area contributed by atoms with Gasteiger partial charge in [-0.05, 0) is 314 Å². The van der Waals surface area contributed by atoms with Gasteiger partial charge in [-0.2, -0.15) is 33.9 Å². The average Bonchev–Trinajstić information content (AvgIpc) is 1.71. The van der Waals surface area contributed by atoms with Crippen LogP contribution >= 0.6 is 63.7 Å². The molecule has 8 aliphatic rings. The van der Waals surface area contributed by atoms with Crippen molar-refractivity contribution < 1.29 is 84.2 Å². The summed E-state index contributed by atoms with van der Waals surface area (Å²) in [4.78, 5) is 130. The van der Waals surface area contributed by atoms with Crippen molar-refractivity contribution >= 4 is 133 Å². The summed E-state index contributed by atoms with van der Waals surface area (Å²) in [5, 5.41) is 26.5. The second-order valence-corrected chi connectivity index (χ2v) is 48.0. The Bertz CT molecular complexity index is 5490. The normalized spacial score (nSPS) is 18.4. The van der Waals surface area contributed by atoms with Crippen LogP contribution < -0.4 is 11.3 Å². The quantitative estimate of drug-likeness (QED) is 0.00806. The number of nitrogens with two attached hydrogens (primary N) is 1. The largest absolute Gasteiger partial charge is 0.444 e. The number of ketones is 6. The number of aromatic amines is 2. The number of ether oxygens (including phenoxy) is 5. The molecule has 5 aromatic heterocycles. The van der Waals surface area contributed by atoms with E-state index in [1.54, 1.807) is 63.1 Å². The minimum absolute atomic E-state index is 0.000602. The smallest absolute Gasteiger partial charge is 0.410 e. The number of hydrogen-bond donors (Lipinski definition) is 4. The monoisotopic (exact) mass is 2220 g/mol. The third kappa shape index (κ3) is 32.3. The van der Waals surface area contributed by atoms with Crippen LogP contribution in [0.4, 0.5) is 19.2 Å². The van der Waals surface area contributed by atoms with E-state index in [0.29, 0.717) is 78.0 Å². The van der Waals surface area contributed by atoms with Crippen molar-refractivity contribution in [1.29, 1.82) is 0 Å². The predicted molar refractivity (Wildman–Crippen MR) is 544 cm³/mol. The third-order valence-corrected chi connectivity index (χ3v) is 30.0. The lowest BCUT2D eigenvalue weighted by molar-refractivity contribution is -0.116. The van der Waals surface area contributed by atoms with Gasteiger partial charge in [-0.3, -0.25) is 73.4 Å². The molecule has 4 aliphatic carbocycles. The van der Waals surface area contributed by atoms with Crippen LogP contribution in [0.25, 0.3) is 0 Å². The first-order chi connectivity index (χ1) is 63.8. The number of hydrogen-bond acceptors (Lipinski definition) is 28. The molecular weight excluding hydrogens is 2070 g/mol. The standard InChI is InChI=1S/C21H31BrN4O3.C19H26BrN3O4.C18H25NO5S.C17H24BrN3O3.C6H7BrN2O.C6H8N2O.C6H15NO.C4H13N3/c1-13(24(6)7)8-16(27)18-17(22)14(2)26(23-18)15-9-21(10-15)11-25(12-21)19(28)29-20(3,4)5;1-11(24)6-14(25)16-15(20)12(2)23(21-16)13-7-19(8-13)9-22(10-19)17(26)27-18(3,4)5;1-13-5-7-15(8-6-13)25(21,22)24-14-9-18(10-14)11-19(12-18)16(20)23-17(2,3)4;1-10-13(18)14(11(2)22)19-21(10)12-6-17(7-12)8-20(9-17)15(23)24-16(3,4)5;1-3-5(7)6(4(2)10)9-8-3;1-4-3-6(5(2)9)8-7-4;1-6(2,8-5)7(3)4;1-7(2)4-3-6-5/h8,15H,9-12H2,1-7H3;13H,6-10H2,1-5H3;5-8,14H,9-12H2,1-4H3;12H,6-9H2,1-5H3;1-2H3,(H,8,9);3H,1-2H3,(H,7,8);1-5H3;6H,3-5H2,1-2H3/b13-8+;;;;;;;. The molecule has 14 rings (SSSR count). The summed E-state index contributed by atoms with van der Waals surface area (Å²) in [6, 6.07) is 9.12. The SMILES string of the molecule is C/C(=C\C(=O)c1nn(C2CC3(C2)CN(C(=O)OC(C)(C)C)C3)c(C)c1Br)N(C)C.CC(=O)CC(=O)c1nn(C2CC3(C2)CN(C(=O)OC(C)(C)C)C3)c(C)c1Br.CC(=O)c1cc(C)[nH]n1.CC(=O)c1n[nH]c(C)c1Br.CC(=O)c1nn(C2CC3(C2)CN(C(=O)OC(C)(C)C)C3)c(C)c1Br.CN(C)CCNN.COC(C)(C)N(C)C.Cc1ccc(S(=O)(=O)OC2CC3(C2)CN(C(=O)OC(C)(C)C)C3)cc1. The molecule has 5 N–H and O–H groups in total. The Hall–Kier alpha value is -8.46. The zero-order chi connectivity index (χ0) is 105. The first-order valence-electron chi connectivity index (χ1n) is 46.5. The van der Waals surface area contributed by atoms with Crippen LogP contribution in [0.1, 0.15) is 294 Å². The number of aryl methyl sites for hydroxylation is 3. The number of aromatic nitrogens is 10. The summed E-state index contributed by atoms with van der Waals surface area (Å²) in [6.07, 6.45) is 7.17. The number of likely N-dealkylation sites (tertiary alicyclic amines) is 4. The number of nitrogens with one attached hydrogen (secondary N) is 3. The fourth-order valence-corrected chi connectivity index (χ4v) is 19.7. The first kappa shape index (κ1) is 117. The maximum atomic E-state index is 12.6. The van der Waals surface area contributed by atoms with Crippen LogP contribution in [-0.2, 0) is 42.8 Å². The van der Waals surface area contributed by atoms with E-state index in [1.807, 2.05) is 212 Å². The minimum atomic E-state index is -3.73. The van der Waals surface area contributed by atoms with E-state index < -0.39 is 32.5 Å². The van der Waals surface area contributed by atoms with Gasteiger partial charge in [-0.25, -0.2) is 19.2 Å². The van der Waals surface area contributed by atoms with Gasteiger partial charge in [0, 0.05) is 152 Å². The van der Waals surface area contributed by atoms with Gasteiger partial charge in [0.25, 0.3) is 10.1 Å². The maximum absolute atomic E-state index is 12.6. The topological polar surface area (TPSA) is 432 Å². The fraction of sp³-hybridized carbons (Fsp3) is 0.660. The summed E-state index contributed by atoms with van der Waals surface area (Å²) in [5.74, 6) is 4.41. The van der Waals surface area contributed by atoms with E-state index in [0.717, 1.165) is 131 Å². The van der Waals surface area contributed by atoms with Gasteiger partial charge in [-0.1, -0.05) is 17.7 Å². The molecule has 37 nitrogen and oxygen atoms in total. The van der Waals surface area contributed by atoms with E-state index in [1.165, 1.54) is 27.7 Å². The van der Waals surface area contributed by atoms with Gasteiger partial charge in [0.15, 0.2) is 23.1 Å². The van der Waals surface area contributed by atoms with Crippen LogP contribution in [-0.4, -0.2) is 301 Å². The van der Waals surface area contributed by atoms with Crippen LogP contribution in [0.3, 0.4) is 0 Å². The number of allylic oxidation sites excluding steroid dienone is 2. The summed E-state index contributed by atoms with van der Waals surface area (Å²) < 4.78 is 65.4. The molecule has 6 aromatic rings. The molecule has 42 heteroatoms. The average molecular weight is 2220 g/mol. The highest BCUT2D eigenvalue weighted by atomic mass is 79.9. The molecule has 4 aliphatic heterocycles. The van der Waals surface area contributed by atoms with Crippen molar-refractivity contribution in [2.75, 3.05) is 115 Å². The van der Waals surface area contributed by atoms with Crippen molar-refractivity contribution in [1.82, 2.24) is 89.5 Å². The number of carbonyl (C=O) groups excluding carboxylic acids is 10. The number of benzene rings is 1. The van der Waals surface area contributed by atoms with Gasteiger partial charge < -0.3 is 53.1 Å². The highest BCUT2D eigenvalue weighted by molar-refractivity contribution is 9.11. The Morgan fingerprint density at radius 2 is 0.849 bits per heavy atom. The van der Waals surface area contributed by atoms with Crippen molar-refractivity contribution in [3.63, 3.8) is 0 Å². The van der Waals surface area contributed by atoms with Crippen LogP contribution in [0.5, 0.6) is 0 Å². The van der Waals surface area contributed by atoms with Gasteiger partial charge in [0.2, 0.25) is 5.78 Å². The van der Waals surface area contributed by atoms with E-state index in [4.69, 9.17) is 33.7 Å². The summed E-state index contributed by atoms with van der Waals surface area (Å²) in [5.41, 5.74) is 9.79. The molecule has 8 fully saturated rings. The van der Waals surface area contributed by atoms with Gasteiger partial charge in [0.1, 0.15) is 62.4 Å². The van der Waals surface area contributed by atoms with Crippen LogP contribution in [0, 0.1) is 63.2 Å². The number of amides is 4. The molecule has 0 radical (unpaired) electrons. The molecule has 4 saturated heterocycles. The summed E-state index contributed by atoms with van der Waals surface area (Å²) in [7, 11) is 9.79. The van der Waals surface area contributed by atoms with Gasteiger partial charge in [-0.15, -0.1) is 0 Å². The summed E-state index contributed by atoms with van der Waals surface area (Å²) in [6.45, 7) is 53.2. The minimum Gasteiger partial charge on any atom is -0.444 e. The zero-order valence-corrected chi connectivity index (χ0v) is 94.4. The number of hydrazine groups is 1. The van der Waals surface area contributed by atoms with Gasteiger partial charge >= 0.3 is 24.4 Å². The lowest BCUT2D eigenvalue weighted by Gasteiger charge is -2.58. The number of Topliss-reactive ketones (excluding diaryl/α,β-unsaturated/α-hetero) is 5. The third-order valence-electron chi connectivity index (χ3n) is 24.8. The molecular formula is C97H149Br4N19O18S. The number of halogens is 4. The van der Waals surface area contributed by atoms with E-state index >= 15 is 0 Å². The summed E-state index contributed by atoms with van der Waals surface area (Å²) >= 11 is 13.7. The lowest BCUT2D eigenvalue weighted by Crippen LogP contribution is -2.65. The Kier molecular flexibility index (Phi) is 39.7. The number of likely N-dealkylation sites (N-methyl/N-ethyl adjacent to an activating group) is 1. The maximum Gasteiger partial charge on any atom is 0.410 e. The second-order valence-electron chi connectivity index (χ2n) is 43.3. The molecule has 774 valence electrons. The second kappa shape index (κ2) is 46.9. The molecule has 9 heterocycles. The van der Waals surface area contributed by atoms with E-state index in [9.17, 15) is 56.4 Å². The molecule has 4 amide bonds. The van der Waals surface area contributed by atoms with Crippen LogP contribution in [0.15, 0.2) is 64.9 Å². The highest BCUT2D eigenvalue weighted by Crippen LogP contribution is 2.58. The first-order valence-corrected chi connectivity index (χ1v) is 51.0. The molecule has 139 heavy (non-hydrogen) atoms. The van der Waals surface area contributed by atoms with Crippen molar-refractivity contribution in [2.45, 2.75) is 288 Å². The Morgan fingerprint density at radius 3 is 1.11 bits per heavy atom. The Balaban J connectivity index is 0.000000226. The Labute approximate surface area is 853 Å². The number of H-pyrrole nitrogens is 2. The molecule has 1 aromatic carbocycles. The molecule has 0 bridgehead atoms. The predicted octanol–water partition coefficient (Wildman–Crippen LogP) is 17.2. The number of methoxy groups -OCH3 is 1. The fourth-order valence-electron chi connectivity index (χ4n) is 16.7. The van der Waals surface area contributed by atoms with Crippen molar-refractivity contribution in [3.8, 4) is 0 Å². The molecule has 4 saturated carbocycles. The number of nitrogens with zero attached hydrogens (tertiary/aromatic N) is 15. The van der Waals surface area contributed by atoms with Crippen LogP contribution in [0.2, 0.25) is 0 Å². The van der Waals surface area contributed by atoms with Crippen molar-refractivity contribution in [3.05, 3.63) is 122 Å². The van der Waals surface area contributed by atoms with E-state index in [2.05, 4.69) is 110 Å². The van der Waals surface area contributed by atoms with Gasteiger partial charge in [0.05, 0.1) is 70.5 Å². The lowest BCUT2D eigenvalue weighted by atomic mass is 9.61. The van der Waals surface area contributed by atoms with E-state index in [-0.39, 0.29) is 116 Å². The number of rotatable bonds is 20. The zero-order valence-electron chi connectivity index (χ0n) is 87.3. The highest BCUT2D eigenvalue weighted by Gasteiger charge is 2.60. The van der Waals surface area contributed by atoms with Crippen molar-refractivity contribution in [2.24, 2.45) is 27.5 Å². The molecule has 0 unspecified atom stereocenters. The Morgan fingerprint density at radius 1 is 0.496 bits per heavy atom.